The van der Waals surface area contributed by atoms with Crippen LogP contribution in [0.3, 0.4) is 0 Å². The first kappa shape index (κ1) is 13.9. The van der Waals surface area contributed by atoms with Crippen molar-refractivity contribution in [3.63, 3.8) is 0 Å². The van der Waals surface area contributed by atoms with Crippen molar-refractivity contribution in [2.24, 2.45) is 5.92 Å². The summed E-state index contributed by atoms with van der Waals surface area (Å²) < 4.78 is 26.1. The normalized spacial score (nSPS) is 14.2. The molecule has 0 aliphatic rings. The van der Waals surface area contributed by atoms with Crippen molar-refractivity contribution in [2.45, 2.75) is 46.0 Å². The minimum atomic E-state index is -3.25. The van der Waals surface area contributed by atoms with Crippen molar-refractivity contribution in [3.8, 4) is 0 Å². The minimum Gasteiger partial charge on any atom is -0.270 e. The van der Waals surface area contributed by atoms with Crippen LogP contribution in [0.1, 0.15) is 46.0 Å². The lowest BCUT2D eigenvalue weighted by Gasteiger charge is -2.09. The fourth-order valence-corrected chi connectivity index (χ4v) is 1.72. The van der Waals surface area contributed by atoms with Gasteiger partial charge in [-0.2, -0.15) is 8.42 Å². The molecule has 0 spiro atoms. The molecule has 0 aromatic rings. The zero-order valence-electron chi connectivity index (χ0n) is 9.45. The lowest BCUT2D eigenvalue weighted by molar-refractivity contribution is 0.256. The molecule has 14 heavy (non-hydrogen) atoms. The molecule has 0 aliphatic heterocycles. The fraction of sp³-hybridized carbons (Fsp3) is 1.00. The van der Waals surface area contributed by atoms with Crippen LogP contribution in [0.25, 0.3) is 0 Å². The summed E-state index contributed by atoms with van der Waals surface area (Å²) in [5.41, 5.74) is 0. The van der Waals surface area contributed by atoms with E-state index in [0.29, 0.717) is 12.5 Å². The molecular formula is C10H22O3S. The second-order valence-corrected chi connectivity index (χ2v) is 5.59. The smallest absolute Gasteiger partial charge is 0.264 e. The highest BCUT2D eigenvalue weighted by atomic mass is 32.2. The average molecular weight is 222 g/mol. The van der Waals surface area contributed by atoms with E-state index < -0.39 is 10.1 Å². The van der Waals surface area contributed by atoms with Crippen LogP contribution in [-0.2, 0) is 14.3 Å². The molecule has 0 rings (SSSR count). The Hall–Kier alpha value is -0.0900. The lowest BCUT2D eigenvalue weighted by atomic mass is 10.0. The topological polar surface area (TPSA) is 43.4 Å². The van der Waals surface area contributed by atoms with E-state index in [9.17, 15) is 8.42 Å². The predicted molar refractivity (Wildman–Crippen MR) is 58.7 cm³/mol. The zero-order chi connectivity index (χ0) is 11.0. The Bertz CT molecular complexity index is 222. The quantitative estimate of drug-likeness (QED) is 0.468. The predicted octanol–water partition coefficient (Wildman–Crippen LogP) is 2.57. The molecule has 0 saturated heterocycles. The summed E-state index contributed by atoms with van der Waals surface area (Å²) in [4.78, 5) is 0. The molecule has 0 N–H and O–H groups in total. The summed E-state index contributed by atoms with van der Waals surface area (Å²) in [6, 6.07) is 0. The standard InChI is InChI=1S/C10H22O3S/c1-4-5-6-7-8-10(2)9-13-14(3,11)12/h10H,4-9H2,1-3H3. The Labute approximate surface area is 88.0 Å². The number of hydrogen-bond donors (Lipinski definition) is 0. The van der Waals surface area contributed by atoms with Gasteiger partial charge in [0.2, 0.25) is 0 Å². The van der Waals surface area contributed by atoms with E-state index in [1.165, 1.54) is 25.7 Å². The van der Waals surface area contributed by atoms with E-state index in [1.54, 1.807) is 0 Å². The zero-order valence-corrected chi connectivity index (χ0v) is 10.3. The molecule has 0 aromatic heterocycles. The van der Waals surface area contributed by atoms with Gasteiger partial charge in [0.25, 0.3) is 10.1 Å². The van der Waals surface area contributed by atoms with Gasteiger partial charge in [-0.25, -0.2) is 0 Å². The maximum Gasteiger partial charge on any atom is 0.264 e. The first-order valence-corrected chi connectivity index (χ1v) is 7.11. The second-order valence-electron chi connectivity index (χ2n) is 3.94. The molecule has 0 bridgehead atoms. The highest BCUT2D eigenvalue weighted by Gasteiger charge is 2.07. The summed E-state index contributed by atoms with van der Waals surface area (Å²) in [5.74, 6) is 0.335. The van der Waals surface area contributed by atoms with Crippen LogP contribution in [-0.4, -0.2) is 21.3 Å². The van der Waals surface area contributed by atoms with Crippen molar-refractivity contribution in [1.82, 2.24) is 0 Å². The molecule has 3 nitrogen and oxygen atoms in total. The average Bonchev–Trinajstić information content (AvgIpc) is 2.08. The Morgan fingerprint density at radius 2 is 1.86 bits per heavy atom. The summed E-state index contributed by atoms with van der Waals surface area (Å²) >= 11 is 0. The van der Waals surface area contributed by atoms with Crippen molar-refractivity contribution >= 4 is 10.1 Å². The van der Waals surface area contributed by atoms with E-state index in [0.717, 1.165) is 12.7 Å². The van der Waals surface area contributed by atoms with Gasteiger partial charge in [-0.15, -0.1) is 0 Å². The highest BCUT2D eigenvalue weighted by Crippen LogP contribution is 2.11. The van der Waals surface area contributed by atoms with Gasteiger partial charge in [-0.05, 0) is 12.3 Å². The lowest BCUT2D eigenvalue weighted by Crippen LogP contribution is -2.10. The van der Waals surface area contributed by atoms with Crippen LogP contribution in [0.4, 0.5) is 0 Å². The number of hydrogen-bond acceptors (Lipinski definition) is 3. The van der Waals surface area contributed by atoms with Crippen molar-refractivity contribution in [1.29, 1.82) is 0 Å². The van der Waals surface area contributed by atoms with Gasteiger partial charge in [0, 0.05) is 0 Å². The summed E-state index contributed by atoms with van der Waals surface area (Å²) in [6.45, 7) is 4.53. The van der Waals surface area contributed by atoms with E-state index in [2.05, 4.69) is 6.92 Å². The van der Waals surface area contributed by atoms with Crippen LogP contribution >= 0.6 is 0 Å². The molecule has 4 heteroatoms. The highest BCUT2D eigenvalue weighted by molar-refractivity contribution is 7.85. The summed E-state index contributed by atoms with van der Waals surface area (Å²) in [5, 5.41) is 0. The molecule has 1 unspecified atom stereocenters. The van der Waals surface area contributed by atoms with E-state index in [1.807, 2.05) is 6.92 Å². The van der Waals surface area contributed by atoms with Crippen LogP contribution < -0.4 is 0 Å². The van der Waals surface area contributed by atoms with E-state index in [-0.39, 0.29) is 0 Å². The molecular weight excluding hydrogens is 200 g/mol. The molecule has 0 heterocycles. The molecule has 0 aliphatic carbocycles. The Morgan fingerprint density at radius 3 is 2.36 bits per heavy atom. The van der Waals surface area contributed by atoms with Crippen LogP contribution in [0, 0.1) is 5.92 Å². The Morgan fingerprint density at radius 1 is 1.21 bits per heavy atom. The van der Waals surface area contributed by atoms with Gasteiger partial charge in [0.15, 0.2) is 0 Å². The third-order valence-corrected chi connectivity index (χ3v) is 2.68. The number of rotatable bonds is 8. The first-order chi connectivity index (χ1) is 6.45. The number of unbranched alkanes of at least 4 members (excludes halogenated alkanes) is 3. The third kappa shape index (κ3) is 9.99. The van der Waals surface area contributed by atoms with Gasteiger partial charge in [0.1, 0.15) is 0 Å². The minimum absolute atomic E-state index is 0.324. The van der Waals surface area contributed by atoms with Crippen molar-refractivity contribution < 1.29 is 12.6 Å². The molecule has 1 atom stereocenters. The first-order valence-electron chi connectivity index (χ1n) is 5.30. The summed E-state index contributed by atoms with van der Waals surface area (Å²) in [6.07, 6.45) is 7.04. The van der Waals surface area contributed by atoms with Gasteiger partial charge < -0.3 is 0 Å². The molecule has 0 fully saturated rings. The molecule has 0 amide bonds. The van der Waals surface area contributed by atoms with Crippen LogP contribution in [0.5, 0.6) is 0 Å². The maximum absolute atomic E-state index is 10.7. The van der Waals surface area contributed by atoms with Gasteiger partial charge in [-0.3, -0.25) is 4.18 Å². The molecule has 0 saturated carbocycles. The summed E-state index contributed by atoms with van der Waals surface area (Å²) in [7, 11) is -3.25. The van der Waals surface area contributed by atoms with Crippen LogP contribution in [0.15, 0.2) is 0 Å². The second kappa shape index (κ2) is 7.23. The third-order valence-electron chi connectivity index (χ3n) is 2.12. The maximum atomic E-state index is 10.7. The van der Waals surface area contributed by atoms with E-state index >= 15 is 0 Å². The Balaban J connectivity index is 3.42. The monoisotopic (exact) mass is 222 g/mol. The van der Waals surface area contributed by atoms with Gasteiger partial charge >= 0.3 is 0 Å². The van der Waals surface area contributed by atoms with Gasteiger partial charge in [-0.1, -0.05) is 39.5 Å². The van der Waals surface area contributed by atoms with E-state index in [4.69, 9.17) is 4.18 Å². The van der Waals surface area contributed by atoms with Crippen LogP contribution in [0.2, 0.25) is 0 Å². The van der Waals surface area contributed by atoms with Crippen molar-refractivity contribution in [2.75, 3.05) is 12.9 Å². The molecule has 0 aromatic carbocycles. The SMILES string of the molecule is CCCCCCC(C)COS(C)(=O)=O. The van der Waals surface area contributed by atoms with Crippen molar-refractivity contribution in [3.05, 3.63) is 0 Å². The largest absolute Gasteiger partial charge is 0.270 e. The van der Waals surface area contributed by atoms with Gasteiger partial charge in [0.05, 0.1) is 12.9 Å². The fourth-order valence-electron chi connectivity index (χ4n) is 1.24. The molecule has 0 radical (unpaired) electrons. The molecule has 86 valence electrons. The Kier molecular flexibility index (Phi) is 7.19.